The van der Waals surface area contributed by atoms with E-state index in [0.29, 0.717) is 23.8 Å². The number of ether oxygens (including phenoxy) is 1. The normalized spacial score (nSPS) is 16.5. The van der Waals surface area contributed by atoms with E-state index in [0.717, 1.165) is 11.1 Å². The molecule has 0 heterocycles. The van der Waals surface area contributed by atoms with E-state index in [-0.39, 0.29) is 17.3 Å². The Hall–Kier alpha value is -3.14. The van der Waals surface area contributed by atoms with Gasteiger partial charge in [-0.15, -0.1) is 0 Å². The number of aldehydes is 1. The van der Waals surface area contributed by atoms with E-state index < -0.39 is 5.97 Å². The third-order valence-electron chi connectivity index (χ3n) is 4.89. The van der Waals surface area contributed by atoms with Crippen molar-refractivity contribution in [3.05, 3.63) is 89.0 Å². The molecule has 1 N–H and O–H groups in total. The molecule has 4 nitrogen and oxygen atoms in total. The fourth-order valence-electron chi connectivity index (χ4n) is 3.14. The largest absolute Gasteiger partial charge is 0.508 e. The van der Waals surface area contributed by atoms with Crippen molar-refractivity contribution in [2.75, 3.05) is 0 Å². The van der Waals surface area contributed by atoms with Crippen molar-refractivity contribution in [3.8, 4) is 5.75 Å². The van der Waals surface area contributed by atoms with Gasteiger partial charge in [-0.3, -0.25) is 4.79 Å². The number of phenolic OH excluding ortho intramolecular Hbond substituents is 1. The lowest BCUT2D eigenvalue weighted by Crippen LogP contribution is -2.23. The van der Waals surface area contributed by atoms with Gasteiger partial charge in [-0.2, -0.15) is 0 Å². The van der Waals surface area contributed by atoms with Crippen molar-refractivity contribution >= 4 is 12.3 Å². The maximum atomic E-state index is 12.3. The number of benzene rings is 2. The van der Waals surface area contributed by atoms with Crippen molar-refractivity contribution in [1.82, 2.24) is 0 Å². The first-order valence-corrected chi connectivity index (χ1v) is 8.85. The summed E-state index contributed by atoms with van der Waals surface area (Å²) in [5.41, 5.74) is 2.81. The van der Waals surface area contributed by atoms with Gasteiger partial charge >= 0.3 is 5.97 Å². The molecule has 0 amide bonds. The van der Waals surface area contributed by atoms with Crippen molar-refractivity contribution in [1.29, 1.82) is 0 Å². The van der Waals surface area contributed by atoms with Crippen molar-refractivity contribution < 1.29 is 19.4 Å². The van der Waals surface area contributed by atoms with Gasteiger partial charge in [0.25, 0.3) is 0 Å². The Balaban J connectivity index is 1.67. The van der Waals surface area contributed by atoms with Gasteiger partial charge in [-0.05, 0) is 41.5 Å². The SMILES string of the molecule is CC(C)(C1=CCC(OC(=O)c2cccc(C=O)c2)C=C1)c1ccc(O)cc1. The number of carbonyl (C=O) groups is 2. The van der Waals surface area contributed by atoms with Gasteiger partial charge in [0.2, 0.25) is 0 Å². The van der Waals surface area contributed by atoms with Crippen LogP contribution in [0.15, 0.2) is 72.3 Å². The highest BCUT2D eigenvalue weighted by Gasteiger charge is 2.26. The van der Waals surface area contributed by atoms with Crippen LogP contribution in [0.2, 0.25) is 0 Å². The lowest BCUT2D eigenvalue weighted by Gasteiger charge is -2.30. The van der Waals surface area contributed by atoms with Gasteiger partial charge in [0, 0.05) is 17.4 Å². The quantitative estimate of drug-likeness (QED) is 0.624. The van der Waals surface area contributed by atoms with Gasteiger partial charge < -0.3 is 9.84 Å². The molecule has 0 fully saturated rings. The molecule has 27 heavy (non-hydrogen) atoms. The third kappa shape index (κ3) is 4.17. The Kier molecular flexibility index (Phi) is 5.26. The van der Waals surface area contributed by atoms with E-state index in [2.05, 4.69) is 19.9 Å². The Morgan fingerprint density at radius 1 is 1.19 bits per heavy atom. The van der Waals surface area contributed by atoms with Crippen LogP contribution in [-0.2, 0) is 10.2 Å². The Bertz CT molecular complexity index is 904. The van der Waals surface area contributed by atoms with Crippen molar-refractivity contribution in [3.63, 3.8) is 0 Å². The second-order valence-corrected chi connectivity index (χ2v) is 7.11. The zero-order valence-electron chi connectivity index (χ0n) is 15.4. The molecule has 0 saturated carbocycles. The molecule has 1 aliphatic carbocycles. The Morgan fingerprint density at radius 3 is 2.56 bits per heavy atom. The van der Waals surface area contributed by atoms with Gasteiger partial charge in [-0.25, -0.2) is 4.79 Å². The van der Waals surface area contributed by atoms with E-state index in [1.54, 1.807) is 30.3 Å². The molecule has 0 aromatic heterocycles. The summed E-state index contributed by atoms with van der Waals surface area (Å²) in [7, 11) is 0. The molecule has 138 valence electrons. The first-order valence-electron chi connectivity index (χ1n) is 8.85. The molecule has 3 rings (SSSR count). The van der Waals surface area contributed by atoms with Crippen LogP contribution in [0.25, 0.3) is 0 Å². The first-order chi connectivity index (χ1) is 12.9. The summed E-state index contributed by atoms with van der Waals surface area (Å²) in [4.78, 5) is 23.1. The van der Waals surface area contributed by atoms with Crippen molar-refractivity contribution in [2.45, 2.75) is 31.8 Å². The van der Waals surface area contributed by atoms with Crippen LogP contribution in [0.5, 0.6) is 5.75 Å². The fourth-order valence-corrected chi connectivity index (χ4v) is 3.14. The van der Waals surface area contributed by atoms with Gasteiger partial charge in [0.15, 0.2) is 0 Å². The predicted molar refractivity (Wildman–Crippen MR) is 104 cm³/mol. The van der Waals surface area contributed by atoms with Crippen LogP contribution in [0, 0.1) is 0 Å². The molecule has 0 radical (unpaired) electrons. The van der Waals surface area contributed by atoms with Crippen LogP contribution >= 0.6 is 0 Å². The number of esters is 1. The van der Waals surface area contributed by atoms with Crippen LogP contribution in [0.4, 0.5) is 0 Å². The molecule has 2 aromatic rings. The highest BCUT2D eigenvalue weighted by Crippen LogP contribution is 2.35. The van der Waals surface area contributed by atoms with E-state index in [4.69, 9.17) is 4.74 Å². The molecule has 0 saturated heterocycles. The first kappa shape index (κ1) is 18.6. The predicted octanol–water partition coefficient (Wildman–Crippen LogP) is 4.59. The van der Waals surface area contributed by atoms with Crippen molar-refractivity contribution in [2.24, 2.45) is 0 Å². The second-order valence-electron chi connectivity index (χ2n) is 7.11. The highest BCUT2D eigenvalue weighted by atomic mass is 16.5. The molecule has 2 aromatic carbocycles. The number of hydrogen-bond acceptors (Lipinski definition) is 4. The van der Waals surface area contributed by atoms with Crippen LogP contribution in [0.1, 0.15) is 46.5 Å². The minimum Gasteiger partial charge on any atom is -0.508 e. The van der Waals surface area contributed by atoms with E-state index >= 15 is 0 Å². The average molecular weight is 362 g/mol. The zero-order valence-corrected chi connectivity index (χ0v) is 15.4. The number of allylic oxidation sites excluding steroid dienone is 2. The highest BCUT2D eigenvalue weighted by molar-refractivity contribution is 5.91. The number of rotatable bonds is 5. The molecule has 1 unspecified atom stereocenters. The molecular weight excluding hydrogens is 340 g/mol. The summed E-state index contributed by atoms with van der Waals surface area (Å²) >= 11 is 0. The molecule has 4 heteroatoms. The van der Waals surface area contributed by atoms with Gasteiger partial charge in [-0.1, -0.05) is 50.3 Å². The Labute approximate surface area is 158 Å². The maximum absolute atomic E-state index is 12.3. The molecule has 1 aliphatic rings. The molecule has 0 bridgehead atoms. The topological polar surface area (TPSA) is 63.6 Å². The summed E-state index contributed by atoms with van der Waals surface area (Å²) in [6.45, 7) is 4.24. The van der Waals surface area contributed by atoms with Crippen LogP contribution in [0.3, 0.4) is 0 Å². The second kappa shape index (κ2) is 7.62. The minimum atomic E-state index is -0.442. The summed E-state index contributed by atoms with van der Waals surface area (Å²) in [6.07, 6.45) is 6.91. The fraction of sp³-hybridized carbons (Fsp3) is 0.217. The number of phenols is 1. The van der Waals surface area contributed by atoms with E-state index in [1.165, 1.54) is 6.07 Å². The molecule has 1 atom stereocenters. The maximum Gasteiger partial charge on any atom is 0.338 e. The average Bonchev–Trinajstić information content (AvgIpc) is 2.69. The third-order valence-corrected chi connectivity index (χ3v) is 4.89. The zero-order chi connectivity index (χ0) is 19.4. The lowest BCUT2D eigenvalue weighted by atomic mass is 9.75. The number of hydrogen-bond donors (Lipinski definition) is 1. The van der Waals surface area contributed by atoms with E-state index in [9.17, 15) is 14.7 Å². The Morgan fingerprint density at radius 2 is 1.93 bits per heavy atom. The molecular formula is C23H22O4. The monoisotopic (exact) mass is 362 g/mol. The number of carbonyl (C=O) groups excluding carboxylic acids is 2. The molecule has 0 spiro atoms. The van der Waals surface area contributed by atoms with Gasteiger partial charge in [0.1, 0.15) is 18.1 Å². The number of aromatic hydroxyl groups is 1. The summed E-state index contributed by atoms with van der Waals surface area (Å²) in [5.74, 6) is -0.198. The van der Waals surface area contributed by atoms with Crippen LogP contribution < -0.4 is 0 Å². The molecule has 0 aliphatic heterocycles. The van der Waals surface area contributed by atoms with E-state index in [1.807, 2.05) is 24.3 Å². The standard InChI is InChI=1S/C23H22O4/c1-23(2,18-6-10-20(25)11-7-18)19-8-12-21(13-9-19)27-22(26)17-5-3-4-16(14-17)15-24/h3-12,14-15,21,25H,13H2,1-2H3. The van der Waals surface area contributed by atoms with Crippen LogP contribution in [-0.4, -0.2) is 23.5 Å². The lowest BCUT2D eigenvalue weighted by molar-refractivity contribution is 0.0397. The summed E-state index contributed by atoms with van der Waals surface area (Å²) in [5, 5.41) is 9.48. The minimum absolute atomic E-state index is 0.225. The van der Waals surface area contributed by atoms with Gasteiger partial charge in [0.05, 0.1) is 5.56 Å². The summed E-state index contributed by atoms with van der Waals surface area (Å²) in [6, 6.07) is 13.7. The smallest absolute Gasteiger partial charge is 0.338 e. The summed E-state index contributed by atoms with van der Waals surface area (Å²) < 4.78 is 5.54.